The van der Waals surface area contributed by atoms with E-state index in [1.54, 1.807) is 0 Å². The Morgan fingerprint density at radius 1 is 1.22 bits per heavy atom. The molecule has 0 unspecified atom stereocenters. The van der Waals surface area contributed by atoms with Gasteiger partial charge in [0, 0.05) is 22.3 Å². The number of nitrogens with two attached hydrogens (primary N) is 1. The van der Waals surface area contributed by atoms with Crippen molar-refractivity contribution in [3.8, 4) is 0 Å². The molecule has 1 aliphatic rings. The summed E-state index contributed by atoms with van der Waals surface area (Å²) in [6, 6.07) is 8.03. The van der Waals surface area contributed by atoms with Crippen molar-refractivity contribution in [3.05, 3.63) is 51.5 Å². The van der Waals surface area contributed by atoms with Gasteiger partial charge in [0.15, 0.2) is 0 Å². The highest BCUT2D eigenvalue weighted by Crippen LogP contribution is 2.38. The highest BCUT2D eigenvalue weighted by molar-refractivity contribution is 7.17. The summed E-state index contributed by atoms with van der Waals surface area (Å²) < 4.78 is 2.03. The van der Waals surface area contributed by atoms with Crippen molar-refractivity contribution in [2.24, 2.45) is 5.73 Å². The maximum atomic E-state index is 13.2. The lowest BCUT2D eigenvalue weighted by molar-refractivity contribution is 0.100. The Bertz CT molecular complexity index is 1060. The fraction of sp³-hybridized carbons (Fsp3) is 0.333. The Hall–Kier alpha value is -2.60. The number of nitrogens with one attached hydrogen (secondary N) is 1. The van der Waals surface area contributed by atoms with E-state index in [2.05, 4.69) is 5.32 Å². The van der Waals surface area contributed by atoms with Crippen LogP contribution in [0.4, 0.5) is 5.00 Å². The van der Waals surface area contributed by atoms with E-state index in [9.17, 15) is 9.59 Å². The van der Waals surface area contributed by atoms with Crippen molar-refractivity contribution in [3.63, 3.8) is 0 Å². The van der Waals surface area contributed by atoms with E-state index < -0.39 is 5.91 Å². The second kappa shape index (κ2) is 6.85. The van der Waals surface area contributed by atoms with Crippen molar-refractivity contribution in [2.45, 2.75) is 46.1 Å². The molecule has 0 saturated carbocycles. The van der Waals surface area contributed by atoms with Crippen LogP contribution in [0, 0.1) is 6.92 Å². The highest BCUT2D eigenvalue weighted by Gasteiger charge is 2.27. The number of para-hydroxylation sites is 1. The summed E-state index contributed by atoms with van der Waals surface area (Å²) in [7, 11) is 0. The summed E-state index contributed by atoms with van der Waals surface area (Å²) in [5, 5.41) is 4.66. The van der Waals surface area contributed by atoms with Gasteiger partial charge < -0.3 is 15.6 Å². The first-order valence-corrected chi connectivity index (χ1v) is 10.2. The fourth-order valence-electron chi connectivity index (χ4n) is 4.17. The number of carbonyl (C=O) groups is 2. The van der Waals surface area contributed by atoms with Crippen LogP contribution in [0.1, 0.15) is 56.6 Å². The van der Waals surface area contributed by atoms with Gasteiger partial charge in [-0.3, -0.25) is 9.59 Å². The van der Waals surface area contributed by atoms with Gasteiger partial charge in [-0.05, 0) is 56.7 Å². The summed E-state index contributed by atoms with van der Waals surface area (Å²) >= 11 is 1.50. The van der Waals surface area contributed by atoms with Gasteiger partial charge in [-0.25, -0.2) is 0 Å². The largest absolute Gasteiger partial charge is 0.365 e. The first-order chi connectivity index (χ1) is 13.0. The number of aromatic nitrogens is 1. The number of amides is 2. The number of hydrogen-bond donors (Lipinski definition) is 2. The second-order valence-electron chi connectivity index (χ2n) is 6.97. The van der Waals surface area contributed by atoms with Crippen molar-refractivity contribution >= 4 is 39.1 Å². The Morgan fingerprint density at radius 2 is 1.96 bits per heavy atom. The molecule has 3 N–H and O–H groups in total. The van der Waals surface area contributed by atoms with E-state index in [0.717, 1.165) is 47.7 Å². The molecule has 0 radical (unpaired) electrons. The number of nitrogens with zero attached hydrogens (tertiary/aromatic N) is 1. The first kappa shape index (κ1) is 17.8. The zero-order chi connectivity index (χ0) is 19.1. The maximum absolute atomic E-state index is 13.2. The molecule has 4 rings (SSSR count). The third-order valence-electron chi connectivity index (χ3n) is 5.40. The molecule has 0 spiro atoms. The van der Waals surface area contributed by atoms with Crippen LogP contribution in [0.2, 0.25) is 0 Å². The van der Waals surface area contributed by atoms with E-state index in [-0.39, 0.29) is 5.91 Å². The summed E-state index contributed by atoms with van der Waals surface area (Å²) in [6.45, 7) is 4.69. The smallest absolute Gasteiger partial charge is 0.273 e. The molecule has 2 aromatic heterocycles. The summed E-state index contributed by atoms with van der Waals surface area (Å²) in [4.78, 5) is 26.4. The van der Waals surface area contributed by atoms with E-state index in [4.69, 9.17) is 5.73 Å². The van der Waals surface area contributed by atoms with E-state index >= 15 is 0 Å². The number of fused-ring (bicyclic) bond motifs is 2. The number of primary amides is 1. The molecule has 2 heterocycles. The lowest BCUT2D eigenvalue weighted by atomic mass is 9.95. The number of aryl methyl sites for hydroxylation is 3. The Balaban J connectivity index is 1.78. The zero-order valence-electron chi connectivity index (χ0n) is 15.6. The van der Waals surface area contributed by atoms with Gasteiger partial charge in [0.2, 0.25) is 0 Å². The van der Waals surface area contributed by atoms with Gasteiger partial charge in [0.05, 0.1) is 5.56 Å². The minimum Gasteiger partial charge on any atom is -0.365 e. The molecular weight excluding hydrogens is 358 g/mol. The number of rotatable bonds is 4. The SMILES string of the molecule is CCn1c(C(=O)Nc2sc3c(c2C(N)=O)CCCC3)c(C)c2ccccc21. The first-order valence-electron chi connectivity index (χ1n) is 9.36. The van der Waals surface area contributed by atoms with Gasteiger partial charge in [0.1, 0.15) is 10.7 Å². The molecule has 140 valence electrons. The topological polar surface area (TPSA) is 77.1 Å². The summed E-state index contributed by atoms with van der Waals surface area (Å²) in [5.74, 6) is -0.649. The molecule has 0 aliphatic heterocycles. The third kappa shape index (κ3) is 2.84. The van der Waals surface area contributed by atoms with Gasteiger partial charge in [0.25, 0.3) is 11.8 Å². The monoisotopic (exact) mass is 381 g/mol. The molecule has 5 nitrogen and oxygen atoms in total. The van der Waals surface area contributed by atoms with Gasteiger partial charge in [-0.2, -0.15) is 0 Å². The van der Waals surface area contributed by atoms with Crippen molar-refractivity contribution in [2.75, 3.05) is 5.32 Å². The number of benzene rings is 1. The van der Waals surface area contributed by atoms with Crippen LogP contribution in [-0.2, 0) is 19.4 Å². The predicted molar refractivity (Wildman–Crippen MR) is 110 cm³/mol. The average molecular weight is 382 g/mol. The van der Waals surface area contributed by atoms with E-state index in [0.29, 0.717) is 22.8 Å². The Morgan fingerprint density at radius 3 is 2.70 bits per heavy atom. The van der Waals surface area contributed by atoms with Gasteiger partial charge in [-0.1, -0.05) is 18.2 Å². The van der Waals surface area contributed by atoms with Crippen LogP contribution >= 0.6 is 11.3 Å². The molecular formula is C21H23N3O2S. The number of hydrogen-bond acceptors (Lipinski definition) is 3. The number of thiophene rings is 1. The standard InChI is InChI=1S/C21H23N3O2S/c1-3-24-15-10-6-4-8-13(15)12(2)18(24)20(26)23-21-17(19(22)25)14-9-5-7-11-16(14)27-21/h4,6,8,10H,3,5,7,9,11H2,1-2H3,(H2,22,25)(H,23,26). The van der Waals surface area contributed by atoms with E-state index in [1.807, 2.05) is 42.7 Å². The van der Waals surface area contributed by atoms with Crippen LogP contribution in [0.15, 0.2) is 24.3 Å². The molecule has 6 heteroatoms. The van der Waals surface area contributed by atoms with Crippen LogP contribution in [0.5, 0.6) is 0 Å². The molecule has 2 amide bonds. The minimum atomic E-state index is -0.461. The van der Waals surface area contributed by atoms with Crippen LogP contribution < -0.4 is 11.1 Å². The number of carbonyl (C=O) groups excluding carboxylic acids is 2. The highest BCUT2D eigenvalue weighted by atomic mass is 32.1. The van der Waals surface area contributed by atoms with Crippen LogP contribution in [-0.4, -0.2) is 16.4 Å². The summed E-state index contributed by atoms with van der Waals surface area (Å²) in [5.41, 5.74) is 9.82. The fourth-order valence-corrected chi connectivity index (χ4v) is 5.46. The zero-order valence-corrected chi connectivity index (χ0v) is 16.4. The third-order valence-corrected chi connectivity index (χ3v) is 6.61. The molecule has 3 aromatic rings. The van der Waals surface area contributed by atoms with Crippen molar-refractivity contribution in [1.29, 1.82) is 0 Å². The normalized spacial score (nSPS) is 13.6. The second-order valence-corrected chi connectivity index (χ2v) is 8.07. The lowest BCUT2D eigenvalue weighted by Gasteiger charge is -2.11. The molecule has 0 saturated heterocycles. The lowest BCUT2D eigenvalue weighted by Crippen LogP contribution is -2.21. The molecule has 27 heavy (non-hydrogen) atoms. The molecule has 1 aromatic carbocycles. The van der Waals surface area contributed by atoms with Crippen molar-refractivity contribution < 1.29 is 9.59 Å². The van der Waals surface area contributed by atoms with E-state index in [1.165, 1.54) is 16.2 Å². The molecule has 0 bridgehead atoms. The van der Waals surface area contributed by atoms with Crippen LogP contribution in [0.3, 0.4) is 0 Å². The quantitative estimate of drug-likeness (QED) is 0.708. The minimum absolute atomic E-state index is 0.188. The Kier molecular flexibility index (Phi) is 4.52. The molecule has 0 fully saturated rings. The number of anilines is 1. The summed E-state index contributed by atoms with van der Waals surface area (Å²) in [6.07, 6.45) is 3.97. The Labute approximate surface area is 162 Å². The molecule has 1 aliphatic carbocycles. The van der Waals surface area contributed by atoms with Crippen LogP contribution in [0.25, 0.3) is 10.9 Å². The predicted octanol–water partition coefficient (Wildman–Crippen LogP) is 4.26. The van der Waals surface area contributed by atoms with Crippen molar-refractivity contribution in [1.82, 2.24) is 4.57 Å². The maximum Gasteiger partial charge on any atom is 0.273 e. The van der Waals surface area contributed by atoms with Gasteiger partial charge >= 0.3 is 0 Å². The molecule has 0 atom stereocenters. The van der Waals surface area contributed by atoms with Gasteiger partial charge in [-0.15, -0.1) is 11.3 Å². The average Bonchev–Trinajstić information content (AvgIpc) is 3.16.